The van der Waals surface area contributed by atoms with E-state index in [4.69, 9.17) is 4.74 Å². The fourth-order valence-corrected chi connectivity index (χ4v) is 2.37. The van der Waals surface area contributed by atoms with Crippen molar-refractivity contribution in [1.82, 2.24) is 9.88 Å². The normalized spacial score (nSPS) is 23.0. The lowest BCUT2D eigenvalue weighted by Crippen LogP contribution is -2.48. The summed E-state index contributed by atoms with van der Waals surface area (Å²) in [6, 6.07) is 3.68. The van der Waals surface area contributed by atoms with E-state index >= 15 is 0 Å². The van der Waals surface area contributed by atoms with Crippen LogP contribution in [-0.4, -0.2) is 42.6 Å². The van der Waals surface area contributed by atoms with E-state index in [1.807, 2.05) is 6.07 Å². The SMILES string of the molecule is CC(C)c1ccc(OCC2CCN(C)CC2(F)F)nc1. The Kier molecular flexibility index (Phi) is 4.58. The summed E-state index contributed by atoms with van der Waals surface area (Å²) in [5, 5.41) is 0. The Balaban J connectivity index is 1.91. The molecule has 1 aliphatic heterocycles. The van der Waals surface area contributed by atoms with Crippen molar-refractivity contribution in [2.45, 2.75) is 32.1 Å². The average Bonchev–Trinajstić information content (AvgIpc) is 2.37. The molecule has 0 aliphatic carbocycles. The van der Waals surface area contributed by atoms with Gasteiger partial charge in [-0.05, 0) is 31.5 Å². The zero-order valence-corrected chi connectivity index (χ0v) is 12.3. The monoisotopic (exact) mass is 284 g/mol. The fourth-order valence-electron chi connectivity index (χ4n) is 2.37. The minimum Gasteiger partial charge on any atom is -0.477 e. The highest BCUT2D eigenvalue weighted by Gasteiger charge is 2.43. The van der Waals surface area contributed by atoms with Crippen molar-refractivity contribution >= 4 is 0 Å². The van der Waals surface area contributed by atoms with Crippen LogP contribution in [0, 0.1) is 5.92 Å². The van der Waals surface area contributed by atoms with Gasteiger partial charge in [0.1, 0.15) is 0 Å². The van der Waals surface area contributed by atoms with Crippen molar-refractivity contribution in [3.05, 3.63) is 23.9 Å². The minimum atomic E-state index is -2.69. The summed E-state index contributed by atoms with van der Waals surface area (Å²) < 4.78 is 33.1. The molecule has 5 heteroatoms. The van der Waals surface area contributed by atoms with Gasteiger partial charge >= 0.3 is 0 Å². The Bertz CT molecular complexity index is 434. The molecule has 0 N–H and O–H groups in total. The third-order valence-corrected chi connectivity index (χ3v) is 3.80. The molecule has 3 nitrogen and oxygen atoms in total. The van der Waals surface area contributed by atoms with Crippen LogP contribution in [0.1, 0.15) is 31.7 Å². The average molecular weight is 284 g/mol. The van der Waals surface area contributed by atoms with Crippen LogP contribution < -0.4 is 4.74 Å². The molecule has 1 atom stereocenters. The molecule has 0 saturated carbocycles. The maximum atomic E-state index is 13.8. The summed E-state index contributed by atoms with van der Waals surface area (Å²) in [7, 11) is 1.72. The van der Waals surface area contributed by atoms with Gasteiger partial charge in [0, 0.05) is 12.3 Å². The molecular weight excluding hydrogens is 262 g/mol. The first kappa shape index (κ1) is 15.2. The molecule has 2 rings (SSSR count). The van der Waals surface area contributed by atoms with E-state index in [2.05, 4.69) is 18.8 Å². The zero-order valence-electron chi connectivity index (χ0n) is 12.3. The van der Waals surface area contributed by atoms with Gasteiger partial charge in [0.25, 0.3) is 5.92 Å². The quantitative estimate of drug-likeness (QED) is 0.849. The lowest BCUT2D eigenvalue weighted by Gasteiger charge is -2.36. The highest BCUT2D eigenvalue weighted by atomic mass is 19.3. The van der Waals surface area contributed by atoms with E-state index in [0.29, 0.717) is 24.8 Å². The first-order valence-corrected chi connectivity index (χ1v) is 7.03. The van der Waals surface area contributed by atoms with Crippen LogP contribution in [0.15, 0.2) is 18.3 Å². The van der Waals surface area contributed by atoms with Crippen molar-refractivity contribution in [1.29, 1.82) is 0 Å². The van der Waals surface area contributed by atoms with Crippen LogP contribution >= 0.6 is 0 Å². The van der Waals surface area contributed by atoms with E-state index in [0.717, 1.165) is 5.56 Å². The van der Waals surface area contributed by atoms with E-state index in [1.54, 1.807) is 24.2 Å². The number of ether oxygens (including phenoxy) is 1. The maximum Gasteiger partial charge on any atom is 0.266 e. The number of pyridine rings is 1. The van der Waals surface area contributed by atoms with Crippen molar-refractivity contribution < 1.29 is 13.5 Å². The van der Waals surface area contributed by atoms with Gasteiger partial charge in [-0.25, -0.2) is 13.8 Å². The Labute approximate surface area is 118 Å². The largest absolute Gasteiger partial charge is 0.477 e. The van der Waals surface area contributed by atoms with Gasteiger partial charge in [-0.2, -0.15) is 0 Å². The standard InChI is InChI=1S/C15H22F2N2O/c1-11(2)12-4-5-14(18-8-12)20-9-13-6-7-19(3)10-15(13,16)17/h4-5,8,11,13H,6-7,9-10H2,1-3H3. The second kappa shape index (κ2) is 6.04. The second-order valence-corrected chi connectivity index (χ2v) is 5.88. The molecule has 1 aromatic rings. The predicted octanol–water partition coefficient (Wildman–Crippen LogP) is 3.17. The number of nitrogens with zero attached hydrogens (tertiary/aromatic N) is 2. The highest BCUT2D eigenvalue weighted by Crippen LogP contribution is 2.32. The van der Waals surface area contributed by atoms with Gasteiger partial charge in [-0.3, -0.25) is 0 Å². The maximum absolute atomic E-state index is 13.8. The number of alkyl halides is 2. The number of hydrogen-bond acceptors (Lipinski definition) is 3. The first-order chi connectivity index (χ1) is 9.38. The third kappa shape index (κ3) is 3.66. The molecule has 1 fully saturated rings. The number of rotatable bonds is 4. The molecule has 20 heavy (non-hydrogen) atoms. The Morgan fingerprint density at radius 3 is 2.75 bits per heavy atom. The summed E-state index contributed by atoms with van der Waals surface area (Å²) in [4.78, 5) is 5.83. The van der Waals surface area contributed by atoms with Crippen molar-refractivity contribution in [3.63, 3.8) is 0 Å². The van der Waals surface area contributed by atoms with E-state index in [-0.39, 0.29) is 13.2 Å². The predicted molar refractivity (Wildman–Crippen MR) is 74.4 cm³/mol. The lowest BCUT2D eigenvalue weighted by molar-refractivity contribution is -0.116. The fraction of sp³-hybridized carbons (Fsp3) is 0.667. The van der Waals surface area contributed by atoms with Crippen molar-refractivity contribution in [2.24, 2.45) is 5.92 Å². The summed E-state index contributed by atoms with van der Waals surface area (Å²) >= 11 is 0. The lowest BCUT2D eigenvalue weighted by atomic mass is 9.94. The number of halogens is 2. The third-order valence-electron chi connectivity index (χ3n) is 3.80. The number of piperidine rings is 1. The summed E-state index contributed by atoms with van der Waals surface area (Å²) in [6.45, 7) is 4.67. The number of hydrogen-bond donors (Lipinski definition) is 0. The minimum absolute atomic E-state index is 0.0227. The highest BCUT2D eigenvalue weighted by molar-refractivity contribution is 5.20. The summed E-state index contributed by atoms with van der Waals surface area (Å²) in [5.41, 5.74) is 1.11. The Morgan fingerprint density at radius 2 is 2.20 bits per heavy atom. The van der Waals surface area contributed by atoms with Gasteiger partial charge in [0.15, 0.2) is 0 Å². The van der Waals surface area contributed by atoms with E-state index < -0.39 is 11.8 Å². The van der Waals surface area contributed by atoms with Crippen LogP contribution in [0.2, 0.25) is 0 Å². The number of aromatic nitrogens is 1. The molecular formula is C15H22F2N2O. The first-order valence-electron chi connectivity index (χ1n) is 7.03. The van der Waals surface area contributed by atoms with Crippen molar-refractivity contribution in [3.8, 4) is 5.88 Å². The molecule has 2 heterocycles. The molecule has 1 aliphatic rings. The summed E-state index contributed by atoms with van der Waals surface area (Å²) in [6.07, 6.45) is 2.19. The summed E-state index contributed by atoms with van der Waals surface area (Å²) in [5.74, 6) is -2.60. The molecule has 0 radical (unpaired) electrons. The van der Waals surface area contributed by atoms with Crippen molar-refractivity contribution in [2.75, 3.05) is 26.7 Å². The van der Waals surface area contributed by atoms with Crippen LogP contribution in [0.5, 0.6) is 5.88 Å². The molecule has 1 saturated heterocycles. The molecule has 0 spiro atoms. The van der Waals surface area contributed by atoms with Gasteiger partial charge in [0.05, 0.1) is 19.1 Å². The molecule has 112 valence electrons. The zero-order chi connectivity index (χ0) is 14.8. The Hall–Kier alpha value is -1.23. The topological polar surface area (TPSA) is 25.4 Å². The molecule has 1 aromatic heterocycles. The smallest absolute Gasteiger partial charge is 0.266 e. The van der Waals surface area contributed by atoms with Gasteiger partial charge < -0.3 is 9.64 Å². The molecule has 0 amide bonds. The molecule has 1 unspecified atom stereocenters. The van der Waals surface area contributed by atoms with Gasteiger partial charge in [-0.1, -0.05) is 19.9 Å². The Morgan fingerprint density at radius 1 is 1.45 bits per heavy atom. The van der Waals surface area contributed by atoms with E-state index in [9.17, 15) is 8.78 Å². The molecule has 0 bridgehead atoms. The van der Waals surface area contributed by atoms with Crippen LogP contribution in [0.25, 0.3) is 0 Å². The second-order valence-electron chi connectivity index (χ2n) is 5.88. The van der Waals surface area contributed by atoms with Crippen LogP contribution in [0.4, 0.5) is 8.78 Å². The van der Waals surface area contributed by atoms with Crippen LogP contribution in [-0.2, 0) is 0 Å². The molecule has 0 aromatic carbocycles. The van der Waals surface area contributed by atoms with Gasteiger partial charge in [-0.15, -0.1) is 0 Å². The van der Waals surface area contributed by atoms with Gasteiger partial charge in [0.2, 0.25) is 5.88 Å². The number of likely N-dealkylation sites (tertiary alicyclic amines) is 1. The van der Waals surface area contributed by atoms with E-state index in [1.165, 1.54) is 0 Å². The van der Waals surface area contributed by atoms with Crippen LogP contribution in [0.3, 0.4) is 0 Å².